The van der Waals surface area contributed by atoms with Crippen molar-refractivity contribution >= 4 is 27.4 Å². The van der Waals surface area contributed by atoms with Gasteiger partial charge in [-0.2, -0.15) is 0 Å². The number of nitrogens with zero attached hydrogens (tertiary/aromatic N) is 2. The number of hydrogen-bond donors (Lipinski definition) is 2. The van der Waals surface area contributed by atoms with Gasteiger partial charge >= 0.3 is 0 Å². The predicted molar refractivity (Wildman–Crippen MR) is 85.4 cm³/mol. The number of aryl methyl sites for hydroxylation is 1. The molecule has 0 aliphatic rings. The number of benzene rings is 1. The second-order valence-corrected chi connectivity index (χ2v) is 5.42. The van der Waals surface area contributed by atoms with E-state index in [1.54, 1.807) is 11.3 Å². The summed E-state index contributed by atoms with van der Waals surface area (Å²) < 4.78 is 5.85. The van der Waals surface area contributed by atoms with Crippen molar-refractivity contribution in [2.24, 2.45) is 5.84 Å². The number of fused-ring (bicyclic) bond motifs is 1. The molecule has 0 aliphatic carbocycles. The first kappa shape index (κ1) is 13.8. The summed E-state index contributed by atoms with van der Waals surface area (Å²) in [5, 5.41) is 2.90. The van der Waals surface area contributed by atoms with Gasteiger partial charge in [0, 0.05) is 0 Å². The van der Waals surface area contributed by atoms with Crippen LogP contribution in [0, 0.1) is 0 Å². The highest BCUT2D eigenvalue weighted by Crippen LogP contribution is 2.25. The van der Waals surface area contributed by atoms with Crippen LogP contribution in [0.25, 0.3) is 10.2 Å². The second-order valence-electron chi connectivity index (χ2n) is 4.52. The molecular formula is C15H16N4OS. The molecule has 6 heteroatoms. The minimum atomic E-state index is 0.319. The van der Waals surface area contributed by atoms with Gasteiger partial charge in [0.15, 0.2) is 11.6 Å². The van der Waals surface area contributed by atoms with Gasteiger partial charge in [-0.15, -0.1) is 11.3 Å². The number of aromatic nitrogens is 2. The molecule has 0 saturated heterocycles. The predicted octanol–water partition coefficient (Wildman–Crippen LogP) is 3.12. The molecule has 0 saturated carbocycles. The molecule has 2 aromatic heterocycles. The summed E-state index contributed by atoms with van der Waals surface area (Å²) in [6.07, 6.45) is 0.927. The van der Waals surface area contributed by atoms with E-state index in [2.05, 4.69) is 28.4 Å². The number of rotatable bonds is 5. The lowest BCUT2D eigenvalue weighted by Gasteiger charge is -2.10. The Morgan fingerprint density at radius 2 is 2.10 bits per heavy atom. The maximum Gasteiger partial charge on any atom is 0.169 e. The molecule has 0 radical (unpaired) electrons. The van der Waals surface area contributed by atoms with Crippen LogP contribution >= 0.6 is 11.3 Å². The molecule has 0 amide bonds. The maximum absolute atomic E-state index is 5.85. The first-order valence-electron chi connectivity index (χ1n) is 6.73. The van der Waals surface area contributed by atoms with Crippen molar-refractivity contribution in [2.45, 2.75) is 20.0 Å². The van der Waals surface area contributed by atoms with Crippen molar-refractivity contribution in [3.8, 4) is 5.75 Å². The number of para-hydroxylation sites is 1. The number of nitrogens with one attached hydrogen (secondary N) is 1. The van der Waals surface area contributed by atoms with Crippen LogP contribution in [0.4, 0.5) is 5.82 Å². The average Bonchev–Trinajstić information content (AvgIpc) is 3.00. The van der Waals surface area contributed by atoms with E-state index in [1.807, 2.05) is 29.6 Å². The minimum absolute atomic E-state index is 0.319. The molecular weight excluding hydrogens is 284 g/mol. The van der Waals surface area contributed by atoms with Crippen LogP contribution in [0.15, 0.2) is 35.7 Å². The molecule has 0 fully saturated rings. The number of nitrogen functional groups attached to an aromatic ring is 1. The van der Waals surface area contributed by atoms with Crippen molar-refractivity contribution in [1.29, 1.82) is 0 Å². The Hall–Kier alpha value is -2.18. The largest absolute Gasteiger partial charge is 0.485 e. The topological polar surface area (TPSA) is 73.1 Å². The van der Waals surface area contributed by atoms with Crippen molar-refractivity contribution in [1.82, 2.24) is 9.97 Å². The molecule has 21 heavy (non-hydrogen) atoms. The smallest absolute Gasteiger partial charge is 0.169 e. The summed E-state index contributed by atoms with van der Waals surface area (Å²) in [4.78, 5) is 9.80. The normalized spacial score (nSPS) is 10.8. The second kappa shape index (κ2) is 6.07. The van der Waals surface area contributed by atoms with E-state index in [0.29, 0.717) is 18.2 Å². The lowest BCUT2D eigenvalue weighted by molar-refractivity contribution is 0.293. The molecule has 0 atom stereocenters. The summed E-state index contributed by atoms with van der Waals surface area (Å²) in [5.74, 6) is 7.64. The molecule has 0 bridgehead atoms. The van der Waals surface area contributed by atoms with E-state index < -0.39 is 0 Å². The van der Waals surface area contributed by atoms with Gasteiger partial charge in [-0.25, -0.2) is 15.8 Å². The number of hydrogen-bond acceptors (Lipinski definition) is 6. The molecule has 0 unspecified atom stereocenters. The number of hydrazine groups is 1. The van der Waals surface area contributed by atoms with Gasteiger partial charge < -0.3 is 10.2 Å². The number of anilines is 1. The zero-order chi connectivity index (χ0) is 14.7. The zero-order valence-electron chi connectivity index (χ0n) is 11.7. The third kappa shape index (κ3) is 2.81. The van der Waals surface area contributed by atoms with Gasteiger partial charge in [-0.3, -0.25) is 0 Å². The molecule has 5 nitrogen and oxygen atoms in total. The number of thiophene rings is 1. The fourth-order valence-corrected chi connectivity index (χ4v) is 2.94. The van der Waals surface area contributed by atoms with Gasteiger partial charge in [0.2, 0.25) is 0 Å². The fraction of sp³-hybridized carbons (Fsp3) is 0.200. The highest BCUT2D eigenvalue weighted by molar-refractivity contribution is 7.16. The van der Waals surface area contributed by atoms with Gasteiger partial charge in [0.1, 0.15) is 17.2 Å². The van der Waals surface area contributed by atoms with Crippen molar-refractivity contribution in [3.63, 3.8) is 0 Å². The van der Waals surface area contributed by atoms with Crippen LogP contribution in [0.2, 0.25) is 0 Å². The summed E-state index contributed by atoms with van der Waals surface area (Å²) in [6, 6.07) is 9.95. The van der Waals surface area contributed by atoms with Crippen molar-refractivity contribution in [2.75, 3.05) is 5.43 Å². The highest BCUT2D eigenvalue weighted by Gasteiger charge is 2.09. The number of ether oxygens (including phenoxy) is 1. The maximum atomic E-state index is 5.85. The Bertz CT molecular complexity index is 756. The van der Waals surface area contributed by atoms with Crippen LogP contribution in [-0.2, 0) is 13.0 Å². The third-order valence-electron chi connectivity index (χ3n) is 3.22. The molecule has 3 N–H and O–H groups in total. The molecule has 2 heterocycles. The molecule has 0 spiro atoms. The zero-order valence-corrected chi connectivity index (χ0v) is 12.5. The Morgan fingerprint density at radius 3 is 2.90 bits per heavy atom. The average molecular weight is 300 g/mol. The van der Waals surface area contributed by atoms with Gasteiger partial charge in [0.05, 0.1) is 5.39 Å². The van der Waals surface area contributed by atoms with Crippen LogP contribution in [0.1, 0.15) is 18.3 Å². The van der Waals surface area contributed by atoms with Crippen LogP contribution in [-0.4, -0.2) is 9.97 Å². The van der Waals surface area contributed by atoms with Gasteiger partial charge in [0.25, 0.3) is 0 Å². The molecule has 108 valence electrons. The minimum Gasteiger partial charge on any atom is -0.485 e. The molecule has 3 aromatic rings. The summed E-state index contributed by atoms with van der Waals surface area (Å²) in [7, 11) is 0. The third-order valence-corrected chi connectivity index (χ3v) is 4.02. The van der Waals surface area contributed by atoms with Crippen molar-refractivity contribution < 1.29 is 4.74 Å². The van der Waals surface area contributed by atoms with E-state index in [0.717, 1.165) is 22.4 Å². The Kier molecular flexibility index (Phi) is 3.98. The van der Waals surface area contributed by atoms with E-state index in [-0.39, 0.29) is 0 Å². The Morgan fingerprint density at radius 1 is 1.24 bits per heavy atom. The lowest BCUT2D eigenvalue weighted by atomic mass is 10.1. The SMILES string of the molecule is CCc1ccccc1OCc1nc(NN)c2ccsc2n1. The van der Waals surface area contributed by atoms with Crippen LogP contribution in [0.3, 0.4) is 0 Å². The summed E-state index contributed by atoms with van der Waals surface area (Å²) >= 11 is 1.56. The van der Waals surface area contributed by atoms with E-state index >= 15 is 0 Å². The quantitative estimate of drug-likeness (QED) is 0.559. The summed E-state index contributed by atoms with van der Waals surface area (Å²) in [5.41, 5.74) is 3.79. The fourth-order valence-electron chi connectivity index (χ4n) is 2.15. The monoisotopic (exact) mass is 300 g/mol. The van der Waals surface area contributed by atoms with Crippen LogP contribution in [0.5, 0.6) is 5.75 Å². The van der Waals surface area contributed by atoms with Gasteiger partial charge in [-0.1, -0.05) is 25.1 Å². The molecule has 0 aliphatic heterocycles. The standard InChI is InChI=1S/C15H16N4OS/c1-2-10-5-3-4-6-12(10)20-9-13-17-14(19-16)11-7-8-21-15(11)18-13/h3-8H,2,9,16H2,1H3,(H,17,18,19). The van der Waals surface area contributed by atoms with Crippen molar-refractivity contribution in [3.05, 3.63) is 47.1 Å². The summed E-state index contributed by atoms with van der Waals surface area (Å²) in [6.45, 7) is 2.42. The lowest BCUT2D eigenvalue weighted by Crippen LogP contribution is -2.11. The molecule has 3 rings (SSSR count). The Balaban J connectivity index is 1.85. The van der Waals surface area contributed by atoms with Gasteiger partial charge in [-0.05, 0) is 29.5 Å². The highest BCUT2D eigenvalue weighted by atomic mass is 32.1. The first-order valence-corrected chi connectivity index (χ1v) is 7.61. The first-order chi connectivity index (χ1) is 10.3. The molecule has 1 aromatic carbocycles. The number of nitrogens with two attached hydrogens (primary N) is 1. The van der Waals surface area contributed by atoms with E-state index in [9.17, 15) is 0 Å². The Labute approximate surface area is 126 Å². The van der Waals surface area contributed by atoms with E-state index in [1.165, 1.54) is 5.56 Å². The van der Waals surface area contributed by atoms with E-state index in [4.69, 9.17) is 10.6 Å². The van der Waals surface area contributed by atoms with Crippen LogP contribution < -0.4 is 16.0 Å².